The largest absolute Gasteiger partial charge is 0.310 e. The average molecular weight is 744 g/mol. The van der Waals surface area contributed by atoms with Crippen LogP contribution in [0.4, 0.5) is 17.1 Å². The summed E-state index contributed by atoms with van der Waals surface area (Å²) in [4.78, 5) is 2.48. The number of benzene rings is 9. The van der Waals surface area contributed by atoms with E-state index in [4.69, 9.17) is 0 Å². The fourth-order valence-corrected chi connectivity index (χ4v) is 9.41. The predicted octanol–water partition coefficient (Wildman–Crippen LogP) is 15.3. The Morgan fingerprint density at radius 2 is 0.897 bits per heavy atom. The second kappa shape index (κ2) is 14.2. The van der Waals surface area contributed by atoms with Gasteiger partial charge in [-0.15, -0.1) is 0 Å². The highest BCUT2D eigenvalue weighted by atomic mass is 15.1. The molecular formula is C57H45N. The first-order valence-electron chi connectivity index (χ1n) is 20.3. The van der Waals surface area contributed by atoms with E-state index in [1.54, 1.807) is 0 Å². The third-order valence-corrected chi connectivity index (χ3v) is 12.0. The molecule has 0 heterocycles. The van der Waals surface area contributed by atoms with E-state index >= 15 is 0 Å². The van der Waals surface area contributed by atoms with Crippen LogP contribution >= 0.6 is 0 Å². The highest BCUT2D eigenvalue weighted by Crippen LogP contribution is 2.59. The highest BCUT2D eigenvalue weighted by molar-refractivity contribution is 5.99. The van der Waals surface area contributed by atoms with Gasteiger partial charge in [-0.05, 0) is 108 Å². The number of nitrogens with zero attached hydrogens (tertiary/aromatic N) is 1. The Bertz CT molecular complexity index is 2850. The van der Waals surface area contributed by atoms with E-state index in [1.807, 2.05) is 0 Å². The molecule has 0 radical (unpaired) electrons. The van der Waals surface area contributed by atoms with Crippen LogP contribution in [-0.4, -0.2) is 0 Å². The molecule has 0 aromatic heterocycles. The van der Waals surface area contributed by atoms with Crippen molar-refractivity contribution in [3.05, 3.63) is 246 Å². The number of hydrogen-bond acceptors (Lipinski definition) is 1. The molecule has 9 aromatic rings. The van der Waals surface area contributed by atoms with Gasteiger partial charge in [-0.25, -0.2) is 0 Å². The molecule has 0 N–H and O–H groups in total. The van der Waals surface area contributed by atoms with Gasteiger partial charge in [0.25, 0.3) is 0 Å². The maximum Gasteiger partial charge on any atom is 0.0714 e. The van der Waals surface area contributed by atoms with Crippen molar-refractivity contribution < 1.29 is 0 Å². The van der Waals surface area contributed by atoms with Gasteiger partial charge in [0.2, 0.25) is 0 Å². The lowest BCUT2D eigenvalue weighted by Crippen LogP contribution is -2.29. The van der Waals surface area contributed by atoms with Crippen molar-refractivity contribution in [3.63, 3.8) is 0 Å². The summed E-state index contributed by atoms with van der Waals surface area (Å²) in [5.74, 6) is 0. The zero-order chi connectivity index (χ0) is 39.3. The third-order valence-electron chi connectivity index (χ3n) is 12.0. The van der Waals surface area contributed by atoms with Crippen LogP contribution in [0.25, 0.3) is 44.2 Å². The molecule has 1 heteroatoms. The van der Waals surface area contributed by atoms with Gasteiger partial charge in [-0.1, -0.05) is 203 Å². The Labute approximate surface area is 342 Å². The summed E-state index contributed by atoms with van der Waals surface area (Å²) < 4.78 is 0. The topological polar surface area (TPSA) is 3.24 Å². The van der Waals surface area contributed by atoms with Crippen molar-refractivity contribution in [2.75, 3.05) is 4.90 Å². The smallest absolute Gasteiger partial charge is 0.0714 e. The van der Waals surface area contributed by atoms with Crippen molar-refractivity contribution in [3.8, 4) is 33.4 Å². The van der Waals surface area contributed by atoms with E-state index in [-0.39, 0.29) is 5.41 Å². The molecule has 10 rings (SSSR count). The monoisotopic (exact) mass is 743 g/mol. The van der Waals surface area contributed by atoms with Gasteiger partial charge in [0.1, 0.15) is 0 Å². The molecule has 0 bridgehead atoms. The molecule has 1 nitrogen and oxygen atoms in total. The zero-order valence-electron chi connectivity index (χ0n) is 33.2. The van der Waals surface area contributed by atoms with E-state index in [1.165, 1.54) is 72.0 Å². The fourth-order valence-electron chi connectivity index (χ4n) is 9.41. The molecule has 0 saturated heterocycles. The molecule has 9 aromatic carbocycles. The summed E-state index contributed by atoms with van der Waals surface area (Å²) in [6, 6.07) is 80.6. The van der Waals surface area contributed by atoms with Crippen molar-refractivity contribution in [2.45, 2.75) is 31.6 Å². The maximum atomic E-state index is 2.50. The van der Waals surface area contributed by atoms with Crippen LogP contribution in [0.1, 0.15) is 48.6 Å². The van der Waals surface area contributed by atoms with Gasteiger partial charge in [0.15, 0.2) is 0 Å². The van der Waals surface area contributed by atoms with Gasteiger partial charge in [-0.3, -0.25) is 0 Å². The van der Waals surface area contributed by atoms with Crippen LogP contribution in [0.5, 0.6) is 0 Å². The second-order valence-electron chi connectivity index (χ2n) is 16.5. The first-order chi connectivity index (χ1) is 28.4. The summed E-state index contributed by atoms with van der Waals surface area (Å²) in [5.41, 5.74) is 16.7. The lowest BCUT2D eigenvalue weighted by molar-refractivity contribution is 0.591. The zero-order valence-corrected chi connectivity index (χ0v) is 33.2. The van der Waals surface area contributed by atoms with E-state index in [0.717, 1.165) is 17.1 Å². The van der Waals surface area contributed by atoms with Crippen LogP contribution in [0.3, 0.4) is 0 Å². The standard InChI is InChI=1S/C57H45N/c1-56(2,3)51-29-18-30-52-55(51)49-36-35-48(39-53(49)57(52,45-25-12-6-13-26-45)46-27-14-7-15-28-46)58(47-33-31-41(32-34-47)40-19-8-4-9-20-40)54-38-44-24-17-16-23-43(44)37-50(54)42-21-10-5-11-22-42/h4-39H,1-3H3. The quantitative estimate of drug-likeness (QED) is 0.157. The van der Waals surface area contributed by atoms with E-state index in [2.05, 4.69) is 244 Å². The Kier molecular flexibility index (Phi) is 8.68. The van der Waals surface area contributed by atoms with Crippen LogP contribution in [-0.2, 0) is 10.8 Å². The van der Waals surface area contributed by atoms with Gasteiger partial charge in [-0.2, -0.15) is 0 Å². The Balaban J connectivity index is 1.29. The summed E-state index contributed by atoms with van der Waals surface area (Å²) in [6.07, 6.45) is 0. The fraction of sp³-hybridized carbons (Fsp3) is 0.0877. The van der Waals surface area contributed by atoms with Gasteiger partial charge < -0.3 is 4.90 Å². The van der Waals surface area contributed by atoms with E-state index in [9.17, 15) is 0 Å². The Morgan fingerprint density at radius 1 is 0.379 bits per heavy atom. The molecule has 0 saturated carbocycles. The highest BCUT2D eigenvalue weighted by Gasteiger charge is 2.48. The van der Waals surface area contributed by atoms with Crippen LogP contribution < -0.4 is 4.90 Å². The summed E-state index contributed by atoms with van der Waals surface area (Å²) in [5, 5.41) is 2.42. The second-order valence-corrected chi connectivity index (χ2v) is 16.5. The Morgan fingerprint density at radius 3 is 1.50 bits per heavy atom. The van der Waals surface area contributed by atoms with E-state index < -0.39 is 5.41 Å². The molecule has 0 atom stereocenters. The molecule has 0 spiro atoms. The SMILES string of the molecule is CC(C)(C)c1cccc2c1-c1ccc(N(c3ccc(-c4ccccc4)cc3)c3cc4ccccc4cc3-c3ccccc3)cc1C2(c1ccccc1)c1ccccc1. The lowest BCUT2D eigenvalue weighted by atomic mass is 9.67. The summed E-state index contributed by atoms with van der Waals surface area (Å²) >= 11 is 0. The van der Waals surface area contributed by atoms with Gasteiger partial charge in [0, 0.05) is 16.9 Å². The third kappa shape index (κ3) is 5.85. The molecule has 0 unspecified atom stereocenters. The van der Waals surface area contributed by atoms with Crippen LogP contribution in [0.2, 0.25) is 0 Å². The van der Waals surface area contributed by atoms with Crippen LogP contribution in [0, 0.1) is 0 Å². The predicted molar refractivity (Wildman–Crippen MR) is 246 cm³/mol. The van der Waals surface area contributed by atoms with Crippen molar-refractivity contribution in [1.82, 2.24) is 0 Å². The summed E-state index contributed by atoms with van der Waals surface area (Å²) in [7, 11) is 0. The minimum absolute atomic E-state index is 0.0625. The molecule has 1 aliphatic carbocycles. The summed E-state index contributed by atoms with van der Waals surface area (Å²) in [6.45, 7) is 7.02. The number of hydrogen-bond donors (Lipinski definition) is 0. The lowest BCUT2D eigenvalue weighted by Gasteiger charge is -2.35. The van der Waals surface area contributed by atoms with Crippen LogP contribution in [0.15, 0.2) is 218 Å². The molecular weight excluding hydrogens is 699 g/mol. The Hall–Kier alpha value is -6.96. The molecule has 0 fully saturated rings. The van der Waals surface area contributed by atoms with Crippen molar-refractivity contribution >= 4 is 27.8 Å². The molecule has 278 valence electrons. The van der Waals surface area contributed by atoms with Crippen molar-refractivity contribution in [2.24, 2.45) is 0 Å². The normalized spacial score (nSPS) is 12.9. The molecule has 0 amide bonds. The first kappa shape index (κ1) is 35.5. The molecule has 0 aliphatic heterocycles. The van der Waals surface area contributed by atoms with Gasteiger partial charge >= 0.3 is 0 Å². The average Bonchev–Trinajstić information content (AvgIpc) is 3.58. The number of fused-ring (bicyclic) bond motifs is 4. The molecule has 58 heavy (non-hydrogen) atoms. The van der Waals surface area contributed by atoms with Gasteiger partial charge in [0.05, 0.1) is 11.1 Å². The van der Waals surface area contributed by atoms with Crippen molar-refractivity contribution in [1.29, 1.82) is 0 Å². The van der Waals surface area contributed by atoms with E-state index in [0.29, 0.717) is 0 Å². The minimum atomic E-state index is -0.543. The maximum absolute atomic E-state index is 2.50. The number of rotatable bonds is 7. The minimum Gasteiger partial charge on any atom is -0.310 e. The number of anilines is 3. The first-order valence-corrected chi connectivity index (χ1v) is 20.3. The molecule has 1 aliphatic rings.